The van der Waals surface area contributed by atoms with E-state index >= 15 is 0 Å². The number of nitrogens with two attached hydrogens (primary N) is 1. The Labute approximate surface area is 107 Å². The van der Waals surface area contributed by atoms with Crippen LogP contribution >= 0.6 is 0 Å². The third-order valence-electron chi connectivity index (χ3n) is 3.39. The van der Waals surface area contributed by atoms with Crippen molar-refractivity contribution in [2.75, 3.05) is 13.2 Å². The van der Waals surface area contributed by atoms with Crippen LogP contribution in [0.3, 0.4) is 0 Å². The fraction of sp³-hybridized carbons (Fsp3) is 0.267. The van der Waals surface area contributed by atoms with Crippen LogP contribution in [-0.2, 0) is 11.2 Å². The summed E-state index contributed by atoms with van der Waals surface area (Å²) in [6.45, 7) is 1.26. The lowest BCUT2D eigenvalue weighted by Crippen LogP contribution is -2.23. The zero-order valence-corrected chi connectivity index (χ0v) is 10.2. The van der Waals surface area contributed by atoms with E-state index in [4.69, 9.17) is 10.5 Å². The summed E-state index contributed by atoms with van der Waals surface area (Å²) in [6, 6.07) is 12.3. The summed E-state index contributed by atoms with van der Waals surface area (Å²) in [6.07, 6.45) is 2.78. The predicted molar refractivity (Wildman–Crippen MR) is 71.1 cm³/mol. The Morgan fingerprint density at radius 1 is 1.22 bits per heavy atom. The van der Waals surface area contributed by atoms with Gasteiger partial charge in [0, 0.05) is 18.3 Å². The summed E-state index contributed by atoms with van der Waals surface area (Å²) in [5, 5.41) is 0. The Bertz CT molecular complexity index is 539. The van der Waals surface area contributed by atoms with Crippen LogP contribution < -0.4 is 5.73 Å². The second-order valence-corrected chi connectivity index (χ2v) is 4.43. The fourth-order valence-electron chi connectivity index (χ4n) is 2.54. The van der Waals surface area contributed by atoms with Gasteiger partial charge in [0.25, 0.3) is 0 Å². The van der Waals surface area contributed by atoms with E-state index in [9.17, 15) is 0 Å². The number of fused-ring (bicyclic) bond motifs is 1. The second-order valence-electron chi connectivity index (χ2n) is 4.43. The topological polar surface area (TPSA) is 48.1 Å². The predicted octanol–water partition coefficient (Wildman–Crippen LogP) is 2.32. The van der Waals surface area contributed by atoms with Gasteiger partial charge in [0.1, 0.15) is 0 Å². The number of nitrogens with zero attached hydrogens (tertiary/aromatic N) is 1. The Kier molecular flexibility index (Phi) is 3.09. The van der Waals surface area contributed by atoms with E-state index in [-0.39, 0.29) is 6.10 Å². The summed E-state index contributed by atoms with van der Waals surface area (Å²) in [5.74, 6) is 0. The Balaban J connectivity index is 2.12. The Hall–Kier alpha value is -1.71. The van der Waals surface area contributed by atoms with Gasteiger partial charge in [-0.1, -0.05) is 24.3 Å². The molecule has 0 spiro atoms. The van der Waals surface area contributed by atoms with Gasteiger partial charge in [-0.2, -0.15) is 0 Å². The van der Waals surface area contributed by atoms with Gasteiger partial charge in [-0.25, -0.2) is 0 Å². The van der Waals surface area contributed by atoms with Gasteiger partial charge in [-0.3, -0.25) is 4.98 Å². The number of ether oxygens (including phenoxy) is 1. The van der Waals surface area contributed by atoms with Crippen LogP contribution in [0.5, 0.6) is 0 Å². The van der Waals surface area contributed by atoms with Gasteiger partial charge in [-0.15, -0.1) is 0 Å². The van der Waals surface area contributed by atoms with Crippen LogP contribution in [0.25, 0.3) is 11.3 Å². The number of rotatable bonds is 2. The molecule has 2 heterocycles. The first-order chi connectivity index (χ1) is 8.90. The summed E-state index contributed by atoms with van der Waals surface area (Å²) in [7, 11) is 0. The minimum absolute atomic E-state index is 0.0254. The molecule has 0 unspecified atom stereocenters. The van der Waals surface area contributed by atoms with E-state index in [0.29, 0.717) is 6.54 Å². The molecule has 1 atom stereocenters. The van der Waals surface area contributed by atoms with Crippen molar-refractivity contribution in [3.63, 3.8) is 0 Å². The molecule has 92 valence electrons. The first-order valence-electron chi connectivity index (χ1n) is 6.25. The van der Waals surface area contributed by atoms with Crippen LogP contribution in [0.4, 0.5) is 0 Å². The van der Waals surface area contributed by atoms with Crippen LogP contribution in [0.15, 0.2) is 42.6 Å². The van der Waals surface area contributed by atoms with E-state index in [0.717, 1.165) is 18.7 Å². The lowest BCUT2D eigenvalue weighted by Gasteiger charge is -2.26. The van der Waals surface area contributed by atoms with Crippen molar-refractivity contribution in [1.82, 2.24) is 4.98 Å². The highest BCUT2D eigenvalue weighted by molar-refractivity contribution is 5.66. The highest BCUT2D eigenvalue weighted by Gasteiger charge is 2.22. The van der Waals surface area contributed by atoms with Crippen LogP contribution in [0.1, 0.15) is 17.2 Å². The number of aromatic nitrogens is 1. The highest BCUT2D eigenvalue weighted by atomic mass is 16.5. The first kappa shape index (κ1) is 11.4. The molecule has 0 saturated carbocycles. The molecule has 18 heavy (non-hydrogen) atoms. The standard InChI is InChI=1S/C15H16N2O/c16-10-15-13-5-3-4-12(11(13)7-9-18-15)14-6-1-2-8-17-14/h1-6,8,15H,7,9-10,16H2/t15-/m1/s1. The fourth-order valence-corrected chi connectivity index (χ4v) is 2.54. The molecule has 0 bridgehead atoms. The maximum atomic E-state index is 5.77. The van der Waals surface area contributed by atoms with E-state index in [1.165, 1.54) is 16.7 Å². The van der Waals surface area contributed by atoms with Crippen LogP contribution in [0.2, 0.25) is 0 Å². The lowest BCUT2D eigenvalue weighted by molar-refractivity contribution is 0.0486. The number of hydrogen-bond acceptors (Lipinski definition) is 3. The van der Waals surface area contributed by atoms with Gasteiger partial charge >= 0.3 is 0 Å². The molecule has 3 nitrogen and oxygen atoms in total. The van der Waals surface area contributed by atoms with Crippen molar-refractivity contribution in [3.05, 3.63) is 53.7 Å². The number of benzene rings is 1. The molecule has 2 N–H and O–H groups in total. The molecule has 0 fully saturated rings. The average molecular weight is 240 g/mol. The summed E-state index contributed by atoms with van der Waals surface area (Å²) in [4.78, 5) is 4.44. The molecular formula is C15H16N2O. The molecule has 1 aromatic carbocycles. The minimum atomic E-state index is 0.0254. The normalized spacial score (nSPS) is 18.4. The van der Waals surface area contributed by atoms with Crippen LogP contribution in [0, 0.1) is 0 Å². The first-order valence-corrected chi connectivity index (χ1v) is 6.25. The lowest BCUT2D eigenvalue weighted by atomic mass is 9.91. The molecule has 1 aromatic heterocycles. The van der Waals surface area contributed by atoms with Gasteiger partial charge in [-0.05, 0) is 29.7 Å². The molecule has 0 aliphatic carbocycles. The van der Waals surface area contributed by atoms with Gasteiger partial charge in [0.15, 0.2) is 0 Å². The van der Waals surface area contributed by atoms with Crippen molar-refractivity contribution >= 4 is 0 Å². The molecule has 0 saturated heterocycles. The smallest absolute Gasteiger partial charge is 0.0950 e. The quantitative estimate of drug-likeness (QED) is 0.876. The van der Waals surface area contributed by atoms with E-state index < -0.39 is 0 Å². The maximum Gasteiger partial charge on any atom is 0.0950 e. The number of hydrogen-bond donors (Lipinski definition) is 1. The van der Waals surface area contributed by atoms with E-state index in [1.807, 2.05) is 24.4 Å². The molecule has 1 aliphatic heterocycles. The summed E-state index contributed by atoms with van der Waals surface area (Å²) in [5.41, 5.74) is 10.5. The average Bonchev–Trinajstić information content (AvgIpc) is 2.47. The van der Waals surface area contributed by atoms with E-state index in [2.05, 4.69) is 23.2 Å². The third kappa shape index (κ3) is 1.92. The van der Waals surface area contributed by atoms with Crippen molar-refractivity contribution in [3.8, 4) is 11.3 Å². The highest BCUT2D eigenvalue weighted by Crippen LogP contribution is 2.33. The van der Waals surface area contributed by atoms with Crippen molar-refractivity contribution in [2.45, 2.75) is 12.5 Å². The molecule has 3 rings (SSSR count). The molecule has 0 amide bonds. The molecule has 2 aromatic rings. The molecule has 0 radical (unpaired) electrons. The second kappa shape index (κ2) is 4.88. The zero-order valence-electron chi connectivity index (χ0n) is 10.2. The number of pyridine rings is 1. The Morgan fingerprint density at radius 3 is 2.94 bits per heavy atom. The third-order valence-corrected chi connectivity index (χ3v) is 3.39. The van der Waals surface area contributed by atoms with Crippen molar-refractivity contribution in [2.24, 2.45) is 5.73 Å². The van der Waals surface area contributed by atoms with Gasteiger partial charge in [0.2, 0.25) is 0 Å². The van der Waals surface area contributed by atoms with Gasteiger partial charge < -0.3 is 10.5 Å². The minimum Gasteiger partial charge on any atom is -0.372 e. The molecular weight excluding hydrogens is 224 g/mol. The molecule has 1 aliphatic rings. The van der Waals surface area contributed by atoms with E-state index in [1.54, 1.807) is 0 Å². The summed E-state index contributed by atoms with van der Waals surface area (Å²) >= 11 is 0. The maximum absolute atomic E-state index is 5.77. The SMILES string of the molecule is NC[C@H]1OCCc2c(-c3ccccn3)cccc21. The Morgan fingerprint density at radius 2 is 2.17 bits per heavy atom. The molecule has 3 heteroatoms. The zero-order chi connectivity index (χ0) is 12.4. The summed E-state index contributed by atoms with van der Waals surface area (Å²) < 4.78 is 5.70. The largest absolute Gasteiger partial charge is 0.372 e. The monoisotopic (exact) mass is 240 g/mol. The van der Waals surface area contributed by atoms with Crippen molar-refractivity contribution < 1.29 is 4.74 Å². The van der Waals surface area contributed by atoms with Crippen LogP contribution in [-0.4, -0.2) is 18.1 Å². The van der Waals surface area contributed by atoms with Gasteiger partial charge in [0.05, 0.1) is 18.4 Å². The van der Waals surface area contributed by atoms with Crippen molar-refractivity contribution in [1.29, 1.82) is 0 Å².